The molecule has 11 heteroatoms. The molecule has 0 aromatic heterocycles. The van der Waals surface area contributed by atoms with E-state index in [4.69, 9.17) is 23.7 Å². The first-order valence-electron chi connectivity index (χ1n) is 11.2. The van der Waals surface area contributed by atoms with Crippen molar-refractivity contribution >= 4 is 18.2 Å². The number of ether oxygens (including phenoxy) is 5. The number of esters is 1. The highest BCUT2D eigenvalue weighted by molar-refractivity contribution is 5.78. The molecule has 2 aromatic rings. The maximum Gasteiger partial charge on any atom is 0.430 e. The zero-order valence-corrected chi connectivity index (χ0v) is 19.9. The first kappa shape index (κ1) is 26.5. The van der Waals surface area contributed by atoms with Crippen LogP contribution in [0.15, 0.2) is 60.7 Å². The molecule has 0 saturated carbocycles. The molecule has 0 spiro atoms. The molecule has 1 aliphatic heterocycles. The first-order chi connectivity index (χ1) is 17.4. The Kier molecular flexibility index (Phi) is 9.21. The number of carbonyl (C=O) groups is 3. The summed E-state index contributed by atoms with van der Waals surface area (Å²) in [6.07, 6.45) is -4.94. The third-order valence-electron chi connectivity index (χ3n) is 5.14. The minimum Gasteiger partial charge on any atom is -0.466 e. The molecule has 3 rings (SSSR count). The molecule has 1 heterocycles. The maximum atomic E-state index is 13.2. The van der Waals surface area contributed by atoms with Crippen molar-refractivity contribution in [1.82, 2.24) is 10.4 Å². The Morgan fingerprint density at radius 2 is 1.53 bits per heavy atom. The van der Waals surface area contributed by atoms with Gasteiger partial charge in [0.1, 0.15) is 13.2 Å². The van der Waals surface area contributed by atoms with Gasteiger partial charge in [0, 0.05) is 0 Å². The number of amides is 2. The molecule has 2 aromatic carbocycles. The Bertz CT molecular complexity index is 1070. The number of carbonyl (C=O) groups excluding carboxylic acids is 3. The molecule has 11 nitrogen and oxygen atoms in total. The molecule has 1 saturated heterocycles. The summed E-state index contributed by atoms with van der Waals surface area (Å²) in [7, 11) is 0. The smallest absolute Gasteiger partial charge is 0.430 e. The van der Waals surface area contributed by atoms with Gasteiger partial charge in [0.15, 0.2) is 6.29 Å². The summed E-state index contributed by atoms with van der Waals surface area (Å²) in [5.41, 5.74) is 1.44. The molecule has 0 aliphatic carbocycles. The second kappa shape index (κ2) is 12.5. The molecule has 36 heavy (non-hydrogen) atoms. The molecule has 1 fully saturated rings. The average Bonchev–Trinajstić information content (AvgIpc) is 2.87. The number of benzene rings is 2. The molecule has 1 atom stereocenters. The fourth-order valence-electron chi connectivity index (χ4n) is 3.36. The van der Waals surface area contributed by atoms with Gasteiger partial charge in [-0.2, -0.15) is 10.3 Å². The van der Waals surface area contributed by atoms with Crippen LogP contribution in [0.5, 0.6) is 0 Å². The van der Waals surface area contributed by atoms with Crippen LogP contribution in [-0.2, 0) is 41.7 Å². The van der Waals surface area contributed by atoms with E-state index in [-0.39, 0.29) is 19.8 Å². The number of nitriles is 1. The lowest BCUT2D eigenvalue weighted by molar-refractivity contribution is -0.401. The third-order valence-corrected chi connectivity index (χ3v) is 5.14. The van der Waals surface area contributed by atoms with Crippen LogP contribution in [0.1, 0.15) is 31.4 Å². The van der Waals surface area contributed by atoms with Crippen molar-refractivity contribution in [2.45, 2.75) is 51.6 Å². The molecular weight excluding hydrogens is 470 g/mol. The van der Waals surface area contributed by atoms with Crippen LogP contribution in [0.2, 0.25) is 0 Å². The summed E-state index contributed by atoms with van der Waals surface area (Å²) >= 11 is 0. The zero-order chi connectivity index (χ0) is 26.0. The summed E-state index contributed by atoms with van der Waals surface area (Å²) in [6, 6.07) is 19.5. The van der Waals surface area contributed by atoms with Gasteiger partial charge in [0.25, 0.3) is 0 Å². The SMILES string of the molecule is CCOC(=O)CC(C#N)(C1OC(C)O1)N(NC(=O)OCc1ccccc1)C(=O)OCc1ccccc1. The second-order valence-electron chi connectivity index (χ2n) is 7.74. The van der Waals surface area contributed by atoms with Crippen LogP contribution in [-0.4, -0.2) is 47.9 Å². The zero-order valence-electron chi connectivity index (χ0n) is 19.9. The Hall–Kier alpha value is -4.14. The highest BCUT2D eigenvalue weighted by Crippen LogP contribution is 2.34. The number of nitrogens with zero attached hydrogens (tertiary/aromatic N) is 2. The van der Waals surface area contributed by atoms with Crippen LogP contribution in [0.25, 0.3) is 0 Å². The largest absolute Gasteiger partial charge is 0.466 e. The number of nitrogens with one attached hydrogen (secondary N) is 1. The molecular formula is C25H27N3O8. The molecule has 2 amide bonds. The van der Waals surface area contributed by atoms with Crippen molar-refractivity contribution in [3.05, 3.63) is 71.8 Å². The van der Waals surface area contributed by atoms with Crippen LogP contribution < -0.4 is 5.43 Å². The van der Waals surface area contributed by atoms with Gasteiger partial charge in [0.05, 0.1) is 19.1 Å². The number of rotatable bonds is 9. The van der Waals surface area contributed by atoms with Crippen molar-refractivity contribution in [3.63, 3.8) is 0 Å². The van der Waals surface area contributed by atoms with Crippen LogP contribution >= 0.6 is 0 Å². The lowest BCUT2D eigenvalue weighted by Crippen LogP contribution is -2.69. The molecule has 0 bridgehead atoms. The topological polar surface area (TPSA) is 136 Å². The summed E-state index contributed by atoms with van der Waals surface area (Å²) in [4.78, 5) is 38.3. The van der Waals surface area contributed by atoms with Gasteiger partial charge in [-0.25, -0.2) is 15.0 Å². The lowest BCUT2D eigenvalue weighted by Gasteiger charge is -2.46. The first-order valence-corrected chi connectivity index (χ1v) is 11.2. The van der Waals surface area contributed by atoms with E-state index in [0.717, 1.165) is 0 Å². The maximum absolute atomic E-state index is 13.2. The molecule has 1 aliphatic rings. The van der Waals surface area contributed by atoms with Crippen LogP contribution in [0.3, 0.4) is 0 Å². The highest BCUT2D eigenvalue weighted by atomic mass is 16.9. The van der Waals surface area contributed by atoms with Crippen LogP contribution in [0.4, 0.5) is 9.59 Å². The Labute approximate surface area is 208 Å². The van der Waals surface area contributed by atoms with E-state index >= 15 is 0 Å². The summed E-state index contributed by atoms with van der Waals surface area (Å²) in [5, 5.41) is 10.7. The molecule has 1 N–H and O–H groups in total. The Morgan fingerprint density at radius 1 is 0.972 bits per heavy atom. The van der Waals surface area contributed by atoms with Crippen molar-refractivity contribution in [2.75, 3.05) is 6.61 Å². The average molecular weight is 498 g/mol. The van der Waals surface area contributed by atoms with Gasteiger partial charge in [-0.05, 0) is 25.0 Å². The van der Waals surface area contributed by atoms with E-state index in [1.165, 1.54) is 0 Å². The predicted octanol–water partition coefficient (Wildman–Crippen LogP) is 3.40. The van der Waals surface area contributed by atoms with E-state index in [0.29, 0.717) is 16.1 Å². The van der Waals surface area contributed by atoms with Gasteiger partial charge in [-0.3, -0.25) is 4.79 Å². The van der Waals surface area contributed by atoms with Gasteiger partial charge in [0.2, 0.25) is 11.8 Å². The molecule has 1 unspecified atom stereocenters. The van der Waals surface area contributed by atoms with Crippen molar-refractivity contribution in [1.29, 1.82) is 5.26 Å². The van der Waals surface area contributed by atoms with Crippen molar-refractivity contribution in [3.8, 4) is 6.07 Å². The van der Waals surface area contributed by atoms with Gasteiger partial charge < -0.3 is 23.7 Å². The van der Waals surface area contributed by atoms with E-state index in [2.05, 4.69) is 5.43 Å². The fraction of sp³-hybridized carbons (Fsp3) is 0.360. The van der Waals surface area contributed by atoms with Gasteiger partial charge in [-0.1, -0.05) is 60.7 Å². The fourth-order valence-corrected chi connectivity index (χ4v) is 3.36. The van der Waals surface area contributed by atoms with Gasteiger partial charge >= 0.3 is 18.2 Å². The van der Waals surface area contributed by atoms with Gasteiger partial charge in [-0.15, -0.1) is 0 Å². The standard InChI is InChI=1S/C25H27N3O8/c1-3-32-21(29)14-25(17-26,22-35-18(2)36-22)28(24(31)34-16-20-12-8-5-9-13-20)27-23(30)33-15-19-10-6-4-7-11-19/h4-13,18,22H,3,14-16H2,1-2H3,(H,27,30). The number of hydrazine groups is 1. The third kappa shape index (κ3) is 6.71. The Balaban J connectivity index is 1.85. The van der Waals surface area contributed by atoms with E-state index in [9.17, 15) is 19.6 Å². The number of hydrogen-bond acceptors (Lipinski definition) is 9. The monoisotopic (exact) mass is 497 g/mol. The minimum absolute atomic E-state index is 0.0358. The predicted molar refractivity (Wildman–Crippen MR) is 123 cm³/mol. The summed E-state index contributed by atoms with van der Waals surface area (Å²) in [6.45, 7) is 2.93. The normalized spacial score (nSPS) is 17.9. The van der Waals surface area contributed by atoms with Crippen molar-refractivity contribution in [2.24, 2.45) is 0 Å². The van der Waals surface area contributed by atoms with E-state index in [1.807, 2.05) is 12.1 Å². The van der Waals surface area contributed by atoms with Crippen molar-refractivity contribution < 1.29 is 38.1 Å². The minimum atomic E-state index is -2.15. The lowest BCUT2D eigenvalue weighted by atomic mass is 9.94. The molecule has 0 radical (unpaired) electrons. The Morgan fingerprint density at radius 3 is 2.03 bits per heavy atom. The summed E-state index contributed by atoms with van der Waals surface area (Å²) < 4.78 is 26.5. The molecule has 190 valence electrons. The summed E-state index contributed by atoms with van der Waals surface area (Å²) in [5.74, 6) is -0.814. The van der Waals surface area contributed by atoms with Crippen LogP contribution in [0, 0.1) is 11.3 Å². The quantitative estimate of drug-likeness (QED) is 0.314. The second-order valence-corrected chi connectivity index (χ2v) is 7.74. The highest BCUT2D eigenvalue weighted by Gasteiger charge is 2.57. The van der Waals surface area contributed by atoms with E-state index < -0.39 is 42.7 Å². The number of hydrogen-bond donors (Lipinski definition) is 1. The van der Waals surface area contributed by atoms with E-state index in [1.54, 1.807) is 68.4 Å².